The van der Waals surface area contributed by atoms with Crippen molar-refractivity contribution in [2.45, 2.75) is 19.1 Å². The number of hydrogen-bond acceptors (Lipinski definition) is 4. The number of hydrogen-bond donors (Lipinski definition) is 2. The molecule has 0 spiro atoms. The van der Waals surface area contributed by atoms with E-state index in [4.69, 9.17) is 20.8 Å². The summed E-state index contributed by atoms with van der Waals surface area (Å²) in [7, 11) is 0. The zero-order chi connectivity index (χ0) is 15.2. The van der Waals surface area contributed by atoms with E-state index in [0.717, 1.165) is 0 Å². The van der Waals surface area contributed by atoms with E-state index in [2.05, 4.69) is 5.32 Å². The highest BCUT2D eigenvalue weighted by atomic mass is 35.5. The van der Waals surface area contributed by atoms with Crippen molar-refractivity contribution in [1.29, 1.82) is 0 Å². The van der Waals surface area contributed by atoms with Crippen LogP contribution in [0.15, 0.2) is 47.1 Å². The van der Waals surface area contributed by atoms with Gasteiger partial charge < -0.3 is 19.6 Å². The summed E-state index contributed by atoms with van der Waals surface area (Å²) in [5, 5.41) is 12.8. The first-order valence-corrected chi connectivity index (χ1v) is 6.86. The molecule has 5 nitrogen and oxygen atoms in total. The van der Waals surface area contributed by atoms with Crippen molar-refractivity contribution in [2.75, 3.05) is 6.54 Å². The Balaban J connectivity index is 1.84. The predicted octanol–water partition coefficient (Wildman–Crippen LogP) is 2.55. The van der Waals surface area contributed by atoms with Crippen molar-refractivity contribution >= 4 is 17.5 Å². The number of benzene rings is 1. The fraction of sp³-hybridized carbons (Fsp3) is 0.267. The fourth-order valence-corrected chi connectivity index (χ4v) is 1.89. The van der Waals surface area contributed by atoms with Gasteiger partial charge in [0.25, 0.3) is 5.91 Å². The molecule has 1 aromatic carbocycles. The highest BCUT2D eigenvalue weighted by Crippen LogP contribution is 2.24. The second-order valence-corrected chi connectivity index (χ2v) is 4.87. The number of halogens is 1. The van der Waals surface area contributed by atoms with Gasteiger partial charge in [0.15, 0.2) is 6.10 Å². The van der Waals surface area contributed by atoms with Crippen LogP contribution in [0.1, 0.15) is 18.8 Å². The van der Waals surface area contributed by atoms with Gasteiger partial charge in [0, 0.05) is 0 Å². The second kappa shape index (κ2) is 7.15. The summed E-state index contributed by atoms with van der Waals surface area (Å²) in [4.78, 5) is 11.9. The third-order valence-corrected chi connectivity index (χ3v) is 3.16. The lowest BCUT2D eigenvalue weighted by molar-refractivity contribution is -0.127. The van der Waals surface area contributed by atoms with Crippen molar-refractivity contribution in [3.8, 4) is 5.75 Å². The quantitative estimate of drug-likeness (QED) is 0.860. The molecule has 0 aliphatic carbocycles. The summed E-state index contributed by atoms with van der Waals surface area (Å²) < 4.78 is 10.5. The summed E-state index contributed by atoms with van der Waals surface area (Å²) >= 11 is 5.96. The molecule has 0 fully saturated rings. The third kappa shape index (κ3) is 4.24. The number of para-hydroxylation sites is 1. The molecular formula is C15H16ClNO4. The molecule has 0 aliphatic heterocycles. The predicted molar refractivity (Wildman–Crippen MR) is 78.2 cm³/mol. The van der Waals surface area contributed by atoms with Crippen LogP contribution in [-0.4, -0.2) is 23.7 Å². The largest absolute Gasteiger partial charge is 0.479 e. The van der Waals surface area contributed by atoms with Gasteiger partial charge in [0.2, 0.25) is 0 Å². The number of ether oxygens (including phenoxy) is 1. The van der Waals surface area contributed by atoms with E-state index in [0.29, 0.717) is 16.5 Å². The number of carbonyl (C=O) groups excluding carboxylic acids is 1. The highest BCUT2D eigenvalue weighted by molar-refractivity contribution is 6.32. The maximum absolute atomic E-state index is 11.9. The summed E-state index contributed by atoms with van der Waals surface area (Å²) in [6.07, 6.45) is -0.158. The summed E-state index contributed by atoms with van der Waals surface area (Å²) in [6.45, 7) is 1.65. The summed E-state index contributed by atoms with van der Waals surface area (Å²) in [5.41, 5.74) is 0. The molecule has 0 saturated carbocycles. The lowest BCUT2D eigenvalue weighted by atomic mass is 10.2. The van der Waals surface area contributed by atoms with Gasteiger partial charge in [-0.3, -0.25) is 4.79 Å². The molecule has 0 bridgehead atoms. The normalized spacial score (nSPS) is 13.5. The number of nitrogens with one attached hydrogen (secondary N) is 1. The van der Waals surface area contributed by atoms with Crippen LogP contribution >= 0.6 is 11.6 Å². The first-order valence-electron chi connectivity index (χ1n) is 6.48. The Kier molecular flexibility index (Phi) is 5.25. The number of aliphatic hydroxyl groups is 1. The molecule has 2 atom stereocenters. The van der Waals surface area contributed by atoms with Crippen molar-refractivity contribution < 1.29 is 19.1 Å². The van der Waals surface area contributed by atoms with Crippen LogP contribution < -0.4 is 10.1 Å². The zero-order valence-electron chi connectivity index (χ0n) is 11.5. The highest BCUT2D eigenvalue weighted by Gasteiger charge is 2.18. The number of amides is 1. The van der Waals surface area contributed by atoms with Crippen LogP contribution in [0.5, 0.6) is 5.75 Å². The molecule has 1 amide bonds. The van der Waals surface area contributed by atoms with E-state index in [1.165, 1.54) is 6.26 Å². The van der Waals surface area contributed by atoms with Gasteiger partial charge in [-0.25, -0.2) is 0 Å². The second-order valence-electron chi connectivity index (χ2n) is 4.47. The van der Waals surface area contributed by atoms with Crippen LogP contribution in [0.2, 0.25) is 5.02 Å². The van der Waals surface area contributed by atoms with Crippen LogP contribution in [0, 0.1) is 0 Å². The lowest BCUT2D eigenvalue weighted by Gasteiger charge is -2.16. The van der Waals surface area contributed by atoms with Gasteiger partial charge in [-0.05, 0) is 31.2 Å². The minimum Gasteiger partial charge on any atom is -0.479 e. The molecule has 2 rings (SSSR count). The van der Waals surface area contributed by atoms with E-state index >= 15 is 0 Å². The summed E-state index contributed by atoms with van der Waals surface area (Å²) in [6, 6.07) is 10.2. The van der Waals surface area contributed by atoms with Crippen LogP contribution in [0.25, 0.3) is 0 Å². The van der Waals surface area contributed by atoms with Crippen molar-refractivity contribution in [3.63, 3.8) is 0 Å². The minimum absolute atomic E-state index is 0.0442. The van der Waals surface area contributed by atoms with Gasteiger partial charge in [-0.1, -0.05) is 23.7 Å². The number of rotatable bonds is 6. The van der Waals surface area contributed by atoms with Crippen molar-refractivity contribution in [1.82, 2.24) is 5.32 Å². The molecule has 6 heteroatoms. The Morgan fingerprint density at radius 3 is 2.81 bits per heavy atom. The average molecular weight is 310 g/mol. The Bertz CT molecular complexity index is 585. The maximum Gasteiger partial charge on any atom is 0.260 e. The van der Waals surface area contributed by atoms with Gasteiger partial charge in [-0.15, -0.1) is 0 Å². The number of carbonyl (C=O) groups is 1. The molecule has 21 heavy (non-hydrogen) atoms. The minimum atomic E-state index is -0.892. The number of aliphatic hydroxyl groups excluding tert-OH is 1. The van der Waals surface area contributed by atoms with E-state index in [-0.39, 0.29) is 12.5 Å². The van der Waals surface area contributed by atoms with Gasteiger partial charge in [-0.2, -0.15) is 0 Å². The Morgan fingerprint density at radius 2 is 2.14 bits per heavy atom. The van der Waals surface area contributed by atoms with Crippen LogP contribution in [0.3, 0.4) is 0 Å². The van der Waals surface area contributed by atoms with Crippen LogP contribution in [0.4, 0.5) is 0 Å². The fourth-order valence-electron chi connectivity index (χ4n) is 1.71. The van der Waals surface area contributed by atoms with Gasteiger partial charge in [0.05, 0.1) is 17.8 Å². The molecule has 2 aromatic rings. The zero-order valence-corrected chi connectivity index (χ0v) is 12.2. The monoisotopic (exact) mass is 309 g/mol. The third-order valence-electron chi connectivity index (χ3n) is 2.85. The molecule has 2 unspecified atom stereocenters. The topological polar surface area (TPSA) is 71.7 Å². The molecule has 2 N–H and O–H groups in total. The van der Waals surface area contributed by atoms with E-state index < -0.39 is 12.2 Å². The van der Waals surface area contributed by atoms with Gasteiger partial charge >= 0.3 is 0 Å². The SMILES string of the molecule is CC(Oc1ccccc1Cl)C(=O)NCC(O)c1ccco1. The molecule has 0 saturated heterocycles. The summed E-state index contributed by atoms with van der Waals surface area (Å²) in [5.74, 6) is 0.490. The number of furan rings is 1. The first kappa shape index (κ1) is 15.4. The Morgan fingerprint density at radius 1 is 1.38 bits per heavy atom. The van der Waals surface area contributed by atoms with Gasteiger partial charge in [0.1, 0.15) is 17.6 Å². The standard InChI is InChI=1S/C15H16ClNO4/c1-10(21-13-6-3-2-5-11(13)16)15(19)17-9-12(18)14-7-4-8-20-14/h2-8,10,12,18H,9H2,1H3,(H,17,19). The molecule has 112 valence electrons. The molecule has 1 heterocycles. The molecule has 0 radical (unpaired) electrons. The van der Waals surface area contributed by atoms with E-state index in [9.17, 15) is 9.90 Å². The Labute approximate surface area is 127 Å². The molecular weight excluding hydrogens is 294 g/mol. The van der Waals surface area contributed by atoms with Crippen molar-refractivity contribution in [2.24, 2.45) is 0 Å². The van der Waals surface area contributed by atoms with E-state index in [1.54, 1.807) is 43.3 Å². The first-order chi connectivity index (χ1) is 10.1. The molecule has 1 aromatic heterocycles. The van der Waals surface area contributed by atoms with Crippen molar-refractivity contribution in [3.05, 3.63) is 53.4 Å². The lowest BCUT2D eigenvalue weighted by Crippen LogP contribution is -2.38. The smallest absolute Gasteiger partial charge is 0.260 e. The van der Waals surface area contributed by atoms with E-state index in [1.807, 2.05) is 0 Å². The van der Waals surface area contributed by atoms with Crippen LogP contribution in [-0.2, 0) is 4.79 Å². The Hall–Kier alpha value is -1.98. The maximum atomic E-state index is 11.9. The average Bonchev–Trinajstić information content (AvgIpc) is 3.01. The molecule has 0 aliphatic rings.